The van der Waals surface area contributed by atoms with Crippen LogP contribution in [0, 0.1) is 0 Å². The van der Waals surface area contributed by atoms with Gasteiger partial charge in [0.05, 0.1) is 33.3 Å². The molecular weight excluding hydrogens is 458 g/mol. The minimum absolute atomic E-state index is 0.0293. The summed E-state index contributed by atoms with van der Waals surface area (Å²) in [5.74, 6) is 0.787. The molecule has 0 saturated carbocycles. The first-order valence-electron chi connectivity index (χ1n) is 9.18. The van der Waals surface area contributed by atoms with E-state index in [4.69, 9.17) is 66.1 Å². The van der Waals surface area contributed by atoms with Crippen LogP contribution in [0.2, 0.25) is 20.1 Å². The zero-order chi connectivity index (χ0) is 21.6. The lowest BCUT2D eigenvalue weighted by Gasteiger charge is -2.28. The summed E-state index contributed by atoms with van der Waals surface area (Å²) in [5, 5.41) is 19.3. The zero-order valence-electron chi connectivity index (χ0n) is 16.3. The van der Waals surface area contributed by atoms with Gasteiger partial charge in [-0.3, -0.25) is 0 Å². The number of aliphatic hydroxyl groups is 2. The number of aliphatic hydroxyl groups excluding tert-OH is 2. The molecule has 0 heterocycles. The highest BCUT2D eigenvalue weighted by Gasteiger charge is 2.27. The van der Waals surface area contributed by atoms with Crippen LogP contribution in [0.5, 0.6) is 11.5 Å². The SMILES string of the molecule is CC(C)(c1cc(Cl)c(OCCCO)c(Cl)c1)c1cc(Cl)c(OCCCO)c(Cl)c1. The van der Waals surface area contributed by atoms with Crippen LogP contribution in [0.4, 0.5) is 0 Å². The molecule has 2 aromatic rings. The maximum atomic E-state index is 8.90. The van der Waals surface area contributed by atoms with E-state index in [0.717, 1.165) is 11.1 Å². The molecule has 0 saturated heterocycles. The van der Waals surface area contributed by atoms with E-state index in [2.05, 4.69) is 0 Å². The maximum absolute atomic E-state index is 8.90. The van der Waals surface area contributed by atoms with Gasteiger partial charge in [0.2, 0.25) is 0 Å². The predicted octanol–water partition coefficient (Wildman–Crippen LogP) is 6.15. The molecule has 0 radical (unpaired) electrons. The van der Waals surface area contributed by atoms with Crippen molar-refractivity contribution in [1.82, 2.24) is 0 Å². The standard InChI is InChI=1S/C21H24Cl4O4/c1-21(2,13-9-15(22)19(16(23)10-13)28-7-3-5-26)14-11-17(24)20(18(25)12-14)29-8-4-6-27/h9-12,26-27H,3-8H2,1-2H3. The summed E-state index contributed by atoms with van der Waals surface area (Å²) >= 11 is 25.6. The van der Waals surface area contributed by atoms with E-state index in [0.29, 0.717) is 57.6 Å². The highest BCUT2D eigenvalue weighted by molar-refractivity contribution is 6.38. The second-order valence-electron chi connectivity index (χ2n) is 7.01. The summed E-state index contributed by atoms with van der Waals surface area (Å²) in [4.78, 5) is 0. The second kappa shape index (κ2) is 10.9. The van der Waals surface area contributed by atoms with Gasteiger partial charge in [0.1, 0.15) is 0 Å². The van der Waals surface area contributed by atoms with Crippen LogP contribution in [0.3, 0.4) is 0 Å². The van der Waals surface area contributed by atoms with Crippen molar-refractivity contribution < 1.29 is 19.7 Å². The monoisotopic (exact) mass is 480 g/mol. The molecule has 160 valence electrons. The van der Waals surface area contributed by atoms with Crippen LogP contribution in [0.15, 0.2) is 24.3 Å². The minimum Gasteiger partial charge on any atom is -0.490 e. The van der Waals surface area contributed by atoms with Crippen molar-refractivity contribution in [3.63, 3.8) is 0 Å². The van der Waals surface area contributed by atoms with Crippen LogP contribution in [-0.4, -0.2) is 36.6 Å². The maximum Gasteiger partial charge on any atom is 0.156 e. The Kier molecular flexibility index (Phi) is 9.20. The van der Waals surface area contributed by atoms with Gasteiger partial charge in [-0.25, -0.2) is 0 Å². The Morgan fingerprint density at radius 3 is 1.28 bits per heavy atom. The van der Waals surface area contributed by atoms with E-state index in [1.54, 1.807) is 24.3 Å². The predicted molar refractivity (Wildman–Crippen MR) is 119 cm³/mol. The van der Waals surface area contributed by atoms with Gasteiger partial charge in [-0.1, -0.05) is 60.3 Å². The second-order valence-corrected chi connectivity index (χ2v) is 8.64. The fraction of sp³-hybridized carbons (Fsp3) is 0.429. The summed E-state index contributed by atoms with van der Waals surface area (Å²) < 4.78 is 11.2. The number of rotatable bonds is 10. The van der Waals surface area contributed by atoms with Crippen molar-refractivity contribution in [3.8, 4) is 11.5 Å². The topological polar surface area (TPSA) is 58.9 Å². The van der Waals surface area contributed by atoms with Crippen LogP contribution in [0.1, 0.15) is 37.8 Å². The van der Waals surface area contributed by atoms with E-state index in [-0.39, 0.29) is 13.2 Å². The molecule has 0 aliphatic rings. The van der Waals surface area contributed by atoms with Gasteiger partial charge in [0, 0.05) is 31.5 Å². The fourth-order valence-electron chi connectivity index (χ4n) is 2.76. The summed E-state index contributed by atoms with van der Waals surface area (Å²) in [6.45, 7) is 4.72. The number of hydrogen-bond donors (Lipinski definition) is 2. The van der Waals surface area contributed by atoms with Crippen LogP contribution >= 0.6 is 46.4 Å². The van der Waals surface area contributed by atoms with Crippen LogP contribution in [0.25, 0.3) is 0 Å². The smallest absolute Gasteiger partial charge is 0.156 e. The molecule has 4 nitrogen and oxygen atoms in total. The third kappa shape index (κ3) is 6.06. The van der Waals surface area contributed by atoms with E-state index >= 15 is 0 Å². The Labute approximate surface area is 191 Å². The third-order valence-corrected chi connectivity index (χ3v) is 5.66. The first kappa shape index (κ1) is 24.4. The van der Waals surface area contributed by atoms with Gasteiger partial charge >= 0.3 is 0 Å². The summed E-state index contributed by atoms with van der Waals surface area (Å²) in [6.07, 6.45) is 0.979. The lowest BCUT2D eigenvalue weighted by Crippen LogP contribution is -2.19. The molecule has 0 amide bonds. The van der Waals surface area contributed by atoms with E-state index < -0.39 is 5.41 Å². The molecule has 0 bridgehead atoms. The molecule has 0 fully saturated rings. The Bertz CT molecular complexity index is 726. The largest absolute Gasteiger partial charge is 0.490 e. The van der Waals surface area contributed by atoms with Crippen molar-refractivity contribution in [3.05, 3.63) is 55.5 Å². The number of benzene rings is 2. The van der Waals surface area contributed by atoms with Crippen molar-refractivity contribution in [2.75, 3.05) is 26.4 Å². The van der Waals surface area contributed by atoms with Crippen molar-refractivity contribution in [2.24, 2.45) is 0 Å². The fourth-order valence-corrected chi connectivity index (χ4v) is 3.95. The molecule has 0 atom stereocenters. The van der Waals surface area contributed by atoms with Crippen LogP contribution in [-0.2, 0) is 5.41 Å². The molecular formula is C21H24Cl4O4. The molecule has 0 unspecified atom stereocenters. The molecule has 2 aromatic carbocycles. The third-order valence-electron chi connectivity index (χ3n) is 4.54. The summed E-state index contributed by atoms with van der Waals surface area (Å²) in [5.41, 5.74) is 1.22. The Balaban J connectivity index is 2.34. The summed E-state index contributed by atoms with van der Waals surface area (Å²) in [7, 11) is 0. The van der Waals surface area contributed by atoms with E-state index in [1.165, 1.54) is 0 Å². The highest BCUT2D eigenvalue weighted by atomic mass is 35.5. The van der Waals surface area contributed by atoms with Crippen molar-refractivity contribution in [2.45, 2.75) is 32.1 Å². The normalized spacial score (nSPS) is 11.6. The lowest BCUT2D eigenvalue weighted by atomic mass is 9.78. The summed E-state index contributed by atoms with van der Waals surface area (Å²) in [6, 6.07) is 7.20. The number of ether oxygens (including phenoxy) is 2. The molecule has 0 spiro atoms. The average Bonchev–Trinajstić information content (AvgIpc) is 2.65. The first-order chi connectivity index (χ1) is 13.7. The Hall–Kier alpha value is -0.880. The minimum atomic E-state index is -0.506. The van der Waals surface area contributed by atoms with Gasteiger partial charge in [0.25, 0.3) is 0 Å². The molecule has 8 heteroatoms. The van der Waals surface area contributed by atoms with Gasteiger partial charge in [-0.2, -0.15) is 0 Å². The quantitative estimate of drug-likeness (QED) is 0.399. The first-order valence-corrected chi connectivity index (χ1v) is 10.7. The average molecular weight is 482 g/mol. The van der Waals surface area contributed by atoms with Gasteiger partial charge < -0.3 is 19.7 Å². The number of hydrogen-bond acceptors (Lipinski definition) is 4. The molecule has 2 N–H and O–H groups in total. The zero-order valence-corrected chi connectivity index (χ0v) is 19.3. The van der Waals surface area contributed by atoms with Gasteiger partial charge in [-0.15, -0.1) is 0 Å². The molecule has 0 aliphatic heterocycles. The van der Waals surface area contributed by atoms with E-state index in [1.807, 2.05) is 13.8 Å². The van der Waals surface area contributed by atoms with Crippen molar-refractivity contribution in [1.29, 1.82) is 0 Å². The Morgan fingerprint density at radius 2 is 1.00 bits per heavy atom. The molecule has 29 heavy (non-hydrogen) atoms. The lowest BCUT2D eigenvalue weighted by molar-refractivity contribution is 0.233. The van der Waals surface area contributed by atoms with Gasteiger partial charge in [0.15, 0.2) is 11.5 Å². The molecule has 0 aliphatic carbocycles. The van der Waals surface area contributed by atoms with Gasteiger partial charge in [-0.05, 0) is 35.4 Å². The van der Waals surface area contributed by atoms with Crippen molar-refractivity contribution >= 4 is 46.4 Å². The molecule has 0 aromatic heterocycles. The highest BCUT2D eigenvalue weighted by Crippen LogP contribution is 2.43. The molecule has 2 rings (SSSR count). The van der Waals surface area contributed by atoms with E-state index in [9.17, 15) is 0 Å². The number of halogens is 4. The Morgan fingerprint density at radius 1 is 0.690 bits per heavy atom. The van der Waals surface area contributed by atoms with Crippen LogP contribution < -0.4 is 9.47 Å².